The van der Waals surface area contributed by atoms with Gasteiger partial charge in [0.2, 0.25) is 5.69 Å². The number of unbranched alkanes of at least 4 members (excludes halogenated alkanes) is 1. The second-order valence-electron chi connectivity index (χ2n) is 6.14. The Morgan fingerprint density at radius 1 is 1.23 bits per heavy atom. The minimum atomic E-state index is -0.0830. The van der Waals surface area contributed by atoms with E-state index in [4.69, 9.17) is 4.74 Å². The molecule has 0 radical (unpaired) electrons. The zero-order valence-electron chi connectivity index (χ0n) is 14.0. The van der Waals surface area contributed by atoms with E-state index >= 15 is 0 Å². The summed E-state index contributed by atoms with van der Waals surface area (Å²) in [6.07, 6.45) is 2.40. The van der Waals surface area contributed by atoms with E-state index < -0.39 is 0 Å². The van der Waals surface area contributed by atoms with Gasteiger partial charge in [-0.1, -0.05) is 18.2 Å². The van der Waals surface area contributed by atoms with Gasteiger partial charge in [0, 0.05) is 31.4 Å². The van der Waals surface area contributed by atoms with Crippen molar-refractivity contribution in [1.82, 2.24) is 0 Å². The first kappa shape index (κ1) is 19.1. The lowest BCUT2D eigenvalue weighted by Gasteiger charge is -2.14. The summed E-state index contributed by atoms with van der Waals surface area (Å²) in [4.78, 5) is 11.4. The molecule has 2 rings (SSSR count). The third-order valence-corrected chi connectivity index (χ3v) is 4.50. The lowest BCUT2D eigenvalue weighted by Crippen LogP contribution is -3.00. The van der Waals surface area contributed by atoms with Crippen LogP contribution in [0.1, 0.15) is 52.5 Å². The molecule has 0 unspecified atom stereocenters. The van der Waals surface area contributed by atoms with Gasteiger partial charge in [0.05, 0.1) is 12.0 Å². The SMILES string of the molecule is CCOC(=O)CCCC[N+]1=C(C)C(C)(C)c2ccccc21.[I-]. The second-order valence-corrected chi connectivity index (χ2v) is 6.14. The normalized spacial score (nSPS) is 15.3. The predicted molar refractivity (Wildman–Crippen MR) is 85.4 cm³/mol. The molecule has 0 atom stereocenters. The van der Waals surface area contributed by atoms with E-state index in [0.29, 0.717) is 13.0 Å². The van der Waals surface area contributed by atoms with Crippen molar-refractivity contribution < 1.29 is 38.1 Å². The van der Waals surface area contributed by atoms with Crippen molar-refractivity contribution in [2.24, 2.45) is 0 Å². The average Bonchev–Trinajstić information content (AvgIpc) is 2.65. The number of benzene rings is 1. The molecule has 122 valence electrons. The molecule has 1 aliphatic heterocycles. The molecule has 0 bridgehead atoms. The maximum atomic E-state index is 11.4. The highest BCUT2D eigenvalue weighted by molar-refractivity contribution is 5.93. The first-order valence-corrected chi connectivity index (χ1v) is 7.85. The standard InChI is InChI=1S/C18H26NO2.HI/c1-5-21-17(20)12-8-9-13-19-14(2)18(3,4)15-10-6-7-11-16(15)19;/h6-7,10-11H,5,8-9,12-13H2,1-4H3;1H/q+1;/p-1. The Kier molecular flexibility index (Phi) is 7.03. The number of fused-ring (bicyclic) bond motifs is 1. The largest absolute Gasteiger partial charge is 1.00 e. The van der Waals surface area contributed by atoms with Crippen molar-refractivity contribution in [3.05, 3.63) is 29.8 Å². The average molecular weight is 415 g/mol. The van der Waals surface area contributed by atoms with Crippen LogP contribution >= 0.6 is 0 Å². The highest BCUT2D eigenvalue weighted by atomic mass is 127. The Morgan fingerprint density at radius 3 is 2.59 bits per heavy atom. The Labute approximate surface area is 150 Å². The number of halogens is 1. The van der Waals surface area contributed by atoms with E-state index in [1.807, 2.05) is 6.92 Å². The fourth-order valence-electron chi connectivity index (χ4n) is 3.01. The predicted octanol–water partition coefficient (Wildman–Crippen LogP) is 0.820. The van der Waals surface area contributed by atoms with Crippen LogP contribution in [-0.4, -0.2) is 29.4 Å². The molecule has 1 aromatic carbocycles. The fourth-order valence-corrected chi connectivity index (χ4v) is 3.01. The van der Waals surface area contributed by atoms with Gasteiger partial charge in [-0.25, -0.2) is 0 Å². The van der Waals surface area contributed by atoms with E-state index in [9.17, 15) is 4.79 Å². The third-order valence-electron chi connectivity index (χ3n) is 4.50. The Bertz CT molecular complexity index is 564. The van der Waals surface area contributed by atoms with Crippen molar-refractivity contribution >= 4 is 17.4 Å². The quantitative estimate of drug-likeness (QED) is 0.298. The summed E-state index contributed by atoms with van der Waals surface area (Å²) >= 11 is 0. The van der Waals surface area contributed by atoms with Gasteiger partial charge >= 0.3 is 5.97 Å². The number of hydrogen-bond donors (Lipinski definition) is 0. The molecule has 1 aliphatic rings. The highest BCUT2D eigenvalue weighted by Gasteiger charge is 2.42. The van der Waals surface area contributed by atoms with E-state index in [0.717, 1.165) is 19.4 Å². The van der Waals surface area contributed by atoms with Crippen LogP contribution in [0.5, 0.6) is 0 Å². The van der Waals surface area contributed by atoms with Gasteiger partial charge in [-0.05, 0) is 27.2 Å². The minimum absolute atomic E-state index is 0. The zero-order chi connectivity index (χ0) is 15.5. The van der Waals surface area contributed by atoms with Gasteiger partial charge < -0.3 is 28.7 Å². The molecular weight excluding hydrogens is 389 g/mol. The zero-order valence-corrected chi connectivity index (χ0v) is 16.1. The van der Waals surface area contributed by atoms with Crippen LogP contribution in [0.4, 0.5) is 5.69 Å². The monoisotopic (exact) mass is 415 g/mol. The van der Waals surface area contributed by atoms with Gasteiger partial charge in [0.15, 0.2) is 5.71 Å². The van der Waals surface area contributed by atoms with Crippen LogP contribution in [-0.2, 0) is 14.9 Å². The molecule has 3 nitrogen and oxygen atoms in total. The van der Waals surface area contributed by atoms with E-state index in [1.54, 1.807) is 0 Å². The molecule has 1 heterocycles. The number of carbonyl (C=O) groups is 1. The van der Waals surface area contributed by atoms with Gasteiger partial charge in [0.25, 0.3) is 0 Å². The third kappa shape index (κ3) is 3.89. The molecule has 0 saturated heterocycles. The number of carbonyl (C=O) groups excluding carboxylic acids is 1. The number of hydrogen-bond acceptors (Lipinski definition) is 2. The van der Waals surface area contributed by atoms with Crippen molar-refractivity contribution in [2.75, 3.05) is 13.2 Å². The molecule has 22 heavy (non-hydrogen) atoms. The molecule has 0 saturated carbocycles. The van der Waals surface area contributed by atoms with E-state index in [1.165, 1.54) is 17.0 Å². The number of nitrogens with zero attached hydrogens (tertiary/aromatic N) is 1. The Morgan fingerprint density at radius 2 is 1.91 bits per heavy atom. The summed E-state index contributed by atoms with van der Waals surface area (Å²) in [5, 5.41) is 0. The number of ether oxygens (including phenoxy) is 1. The number of esters is 1. The maximum Gasteiger partial charge on any atom is 0.305 e. The van der Waals surface area contributed by atoms with Crippen molar-refractivity contribution in [3.63, 3.8) is 0 Å². The fraction of sp³-hybridized carbons (Fsp3) is 0.556. The highest BCUT2D eigenvalue weighted by Crippen LogP contribution is 2.39. The molecule has 4 heteroatoms. The summed E-state index contributed by atoms with van der Waals surface area (Å²) in [5.41, 5.74) is 4.20. The smallest absolute Gasteiger partial charge is 0.305 e. The molecule has 0 aromatic heterocycles. The molecular formula is C18H26INO2. The first-order valence-electron chi connectivity index (χ1n) is 7.85. The van der Waals surface area contributed by atoms with Crippen LogP contribution < -0.4 is 24.0 Å². The van der Waals surface area contributed by atoms with Gasteiger partial charge in [-0.15, -0.1) is 0 Å². The van der Waals surface area contributed by atoms with Crippen LogP contribution in [0.25, 0.3) is 0 Å². The lowest BCUT2D eigenvalue weighted by atomic mass is 9.82. The number of rotatable bonds is 6. The van der Waals surface area contributed by atoms with Crippen LogP contribution in [0.2, 0.25) is 0 Å². The molecule has 0 spiro atoms. The van der Waals surface area contributed by atoms with E-state index in [2.05, 4.69) is 49.6 Å². The molecule has 0 aliphatic carbocycles. The first-order chi connectivity index (χ1) is 9.98. The summed E-state index contributed by atoms with van der Waals surface area (Å²) < 4.78 is 7.37. The van der Waals surface area contributed by atoms with Crippen LogP contribution in [0.15, 0.2) is 24.3 Å². The van der Waals surface area contributed by atoms with E-state index in [-0.39, 0.29) is 35.4 Å². The second kappa shape index (κ2) is 8.09. The number of para-hydroxylation sites is 1. The molecule has 0 fully saturated rings. The summed E-state index contributed by atoms with van der Waals surface area (Å²) in [7, 11) is 0. The molecule has 1 aromatic rings. The van der Waals surface area contributed by atoms with Gasteiger partial charge in [-0.3, -0.25) is 4.79 Å². The molecule has 0 N–H and O–H groups in total. The molecule has 0 amide bonds. The van der Waals surface area contributed by atoms with Crippen molar-refractivity contribution in [3.8, 4) is 0 Å². The summed E-state index contributed by atoms with van der Waals surface area (Å²) in [6, 6.07) is 8.62. The topological polar surface area (TPSA) is 29.3 Å². The minimum Gasteiger partial charge on any atom is -1.00 e. The summed E-state index contributed by atoms with van der Waals surface area (Å²) in [6.45, 7) is 10.1. The van der Waals surface area contributed by atoms with Crippen LogP contribution in [0.3, 0.4) is 0 Å². The van der Waals surface area contributed by atoms with Crippen molar-refractivity contribution in [1.29, 1.82) is 0 Å². The van der Waals surface area contributed by atoms with Gasteiger partial charge in [0.1, 0.15) is 6.54 Å². The lowest BCUT2D eigenvalue weighted by molar-refractivity contribution is -0.439. The summed E-state index contributed by atoms with van der Waals surface area (Å²) in [5.74, 6) is -0.0830. The Hall–Kier alpha value is -0.910. The van der Waals surface area contributed by atoms with Gasteiger partial charge in [-0.2, -0.15) is 4.58 Å². The Balaban J connectivity index is 0.00000242. The maximum absolute atomic E-state index is 11.4. The van der Waals surface area contributed by atoms with Crippen molar-refractivity contribution in [2.45, 2.75) is 52.4 Å². The van der Waals surface area contributed by atoms with Crippen LogP contribution in [0, 0.1) is 0 Å².